The predicted octanol–water partition coefficient (Wildman–Crippen LogP) is 2.91. The number of benzene rings is 2. The lowest BCUT2D eigenvalue weighted by Crippen LogP contribution is -2.35. The Bertz CT molecular complexity index is 1130. The van der Waals surface area contributed by atoms with Gasteiger partial charge in [-0.25, -0.2) is 4.68 Å². The van der Waals surface area contributed by atoms with Crippen molar-refractivity contribution in [3.8, 4) is 5.69 Å². The van der Waals surface area contributed by atoms with Crippen LogP contribution in [-0.2, 0) is 20.9 Å². The first-order valence-electron chi connectivity index (χ1n) is 9.79. The minimum Gasteiger partial charge on any atom is -0.344 e. The Morgan fingerprint density at radius 3 is 2.68 bits per heavy atom. The first kappa shape index (κ1) is 20.6. The second kappa shape index (κ2) is 9.01. The second-order valence-corrected chi connectivity index (χ2v) is 7.48. The molecule has 2 aromatic carbocycles. The molecule has 31 heavy (non-hydrogen) atoms. The number of nitrogens with one attached hydrogen (secondary N) is 2. The molecule has 1 fully saturated rings. The Labute approximate surface area is 183 Å². The van der Waals surface area contributed by atoms with Gasteiger partial charge in [0.05, 0.1) is 16.4 Å². The van der Waals surface area contributed by atoms with Gasteiger partial charge in [-0.3, -0.25) is 14.4 Å². The van der Waals surface area contributed by atoms with Gasteiger partial charge in [-0.2, -0.15) is 5.10 Å². The number of nitrogens with zero attached hydrogens (tertiary/aromatic N) is 3. The van der Waals surface area contributed by atoms with E-state index in [1.807, 2.05) is 36.5 Å². The molecule has 3 aromatic rings. The minimum absolute atomic E-state index is 0.0229. The number of rotatable bonds is 5. The van der Waals surface area contributed by atoms with E-state index < -0.39 is 11.8 Å². The number of aromatic nitrogens is 2. The summed E-state index contributed by atoms with van der Waals surface area (Å²) >= 11 is 6.17. The maximum absolute atomic E-state index is 12.4. The van der Waals surface area contributed by atoms with Crippen molar-refractivity contribution >= 4 is 40.7 Å². The zero-order valence-electron chi connectivity index (χ0n) is 16.5. The van der Waals surface area contributed by atoms with E-state index >= 15 is 0 Å². The largest absolute Gasteiger partial charge is 0.344 e. The molecule has 1 aromatic heterocycles. The fourth-order valence-corrected chi connectivity index (χ4v) is 3.54. The van der Waals surface area contributed by atoms with Crippen LogP contribution in [0.25, 0.3) is 5.69 Å². The first-order valence-corrected chi connectivity index (χ1v) is 10.2. The van der Waals surface area contributed by atoms with Crippen molar-refractivity contribution < 1.29 is 14.4 Å². The number of amides is 3. The maximum atomic E-state index is 12.4. The van der Waals surface area contributed by atoms with E-state index in [1.54, 1.807) is 34.0 Å². The van der Waals surface area contributed by atoms with Gasteiger partial charge >= 0.3 is 11.8 Å². The second-order valence-electron chi connectivity index (χ2n) is 7.07. The molecule has 0 unspecified atom stereocenters. The van der Waals surface area contributed by atoms with Crippen molar-refractivity contribution in [2.24, 2.45) is 0 Å². The third kappa shape index (κ3) is 4.75. The average Bonchev–Trinajstić information content (AvgIpc) is 3.46. The molecule has 0 bridgehead atoms. The number of anilines is 2. The molecule has 0 spiro atoms. The number of halogens is 1. The van der Waals surface area contributed by atoms with Gasteiger partial charge in [0.15, 0.2) is 0 Å². The van der Waals surface area contributed by atoms with Crippen LogP contribution in [0.4, 0.5) is 11.4 Å². The molecule has 0 radical (unpaired) electrons. The van der Waals surface area contributed by atoms with Gasteiger partial charge in [0.2, 0.25) is 5.91 Å². The highest BCUT2D eigenvalue weighted by atomic mass is 35.5. The number of hydrogen-bond acceptors (Lipinski definition) is 4. The van der Waals surface area contributed by atoms with Crippen LogP contribution in [0.15, 0.2) is 60.9 Å². The fourth-order valence-electron chi connectivity index (χ4n) is 3.37. The molecule has 1 aliphatic heterocycles. The summed E-state index contributed by atoms with van der Waals surface area (Å²) in [4.78, 5) is 38.2. The van der Waals surface area contributed by atoms with Crippen LogP contribution in [0.3, 0.4) is 0 Å². The minimum atomic E-state index is -0.838. The lowest BCUT2D eigenvalue weighted by atomic mass is 10.2. The average molecular weight is 438 g/mol. The van der Waals surface area contributed by atoms with Crippen LogP contribution in [0, 0.1) is 0 Å². The topological polar surface area (TPSA) is 96.3 Å². The Morgan fingerprint density at radius 1 is 1.06 bits per heavy atom. The highest BCUT2D eigenvalue weighted by Crippen LogP contribution is 2.29. The van der Waals surface area contributed by atoms with Gasteiger partial charge in [-0.1, -0.05) is 23.7 Å². The van der Waals surface area contributed by atoms with E-state index in [0.29, 0.717) is 18.7 Å². The summed E-state index contributed by atoms with van der Waals surface area (Å²) in [6, 6.07) is 14.2. The lowest BCUT2D eigenvalue weighted by molar-refractivity contribution is -0.136. The fraction of sp³-hybridized carbons (Fsp3) is 0.182. The third-order valence-corrected chi connectivity index (χ3v) is 5.25. The SMILES string of the molecule is O=C(NCc1cccc(-n2cccn2)c1)C(=O)Nc1cc(N2CCCC2=O)ccc1Cl. The molecule has 2 heterocycles. The standard InChI is InChI=1S/C22H20ClN5O3/c23-18-8-7-16(27-10-2-6-20(27)29)13-19(18)26-22(31)21(30)24-14-15-4-1-5-17(12-15)28-11-3-9-25-28/h1,3-5,7-9,11-13H,2,6,10,14H2,(H,24,30)(H,26,31). The number of hydrogen-bond donors (Lipinski definition) is 2. The molecule has 0 aliphatic carbocycles. The number of carbonyl (C=O) groups excluding carboxylic acids is 3. The Kier molecular flexibility index (Phi) is 5.99. The molecule has 158 valence electrons. The van der Waals surface area contributed by atoms with Crippen LogP contribution in [0.1, 0.15) is 18.4 Å². The van der Waals surface area contributed by atoms with Crippen LogP contribution >= 0.6 is 11.6 Å². The third-order valence-electron chi connectivity index (χ3n) is 4.92. The van der Waals surface area contributed by atoms with Crippen LogP contribution in [0.2, 0.25) is 5.02 Å². The van der Waals surface area contributed by atoms with Crippen molar-refractivity contribution in [3.05, 3.63) is 71.5 Å². The van der Waals surface area contributed by atoms with E-state index in [0.717, 1.165) is 17.7 Å². The summed E-state index contributed by atoms with van der Waals surface area (Å²) < 4.78 is 1.71. The molecule has 3 amide bonds. The molecular formula is C22H20ClN5O3. The molecule has 8 nitrogen and oxygen atoms in total. The maximum Gasteiger partial charge on any atom is 0.313 e. The highest BCUT2D eigenvalue weighted by Gasteiger charge is 2.23. The number of carbonyl (C=O) groups is 3. The molecule has 4 rings (SSSR count). The molecule has 9 heteroatoms. The zero-order valence-corrected chi connectivity index (χ0v) is 17.3. The summed E-state index contributed by atoms with van der Waals surface area (Å²) in [5.74, 6) is -1.60. The van der Waals surface area contributed by atoms with Gasteiger partial charge in [0.1, 0.15) is 0 Å². The Balaban J connectivity index is 1.39. The molecule has 1 saturated heterocycles. The molecule has 1 aliphatic rings. The summed E-state index contributed by atoms with van der Waals surface area (Å²) in [6.45, 7) is 0.795. The van der Waals surface area contributed by atoms with Gasteiger partial charge in [0, 0.05) is 37.6 Å². The van der Waals surface area contributed by atoms with Gasteiger partial charge in [0.25, 0.3) is 0 Å². The van der Waals surface area contributed by atoms with Crippen molar-refractivity contribution in [1.82, 2.24) is 15.1 Å². The monoisotopic (exact) mass is 437 g/mol. The zero-order chi connectivity index (χ0) is 21.8. The van der Waals surface area contributed by atoms with Crippen molar-refractivity contribution in [2.45, 2.75) is 19.4 Å². The molecular weight excluding hydrogens is 418 g/mol. The Morgan fingerprint density at radius 2 is 1.94 bits per heavy atom. The van der Waals surface area contributed by atoms with Crippen molar-refractivity contribution in [3.63, 3.8) is 0 Å². The van der Waals surface area contributed by atoms with Crippen molar-refractivity contribution in [1.29, 1.82) is 0 Å². The Hall–Kier alpha value is -3.65. The van der Waals surface area contributed by atoms with E-state index in [2.05, 4.69) is 15.7 Å². The van der Waals surface area contributed by atoms with Crippen LogP contribution < -0.4 is 15.5 Å². The van der Waals surface area contributed by atoms with Crippen LogP contribution in [0.5, 0.6) is 0 Å². The van der Waals surface area contributed by atoms with Gasteiger partial charge < -0.3 is 15.5 Å². The summed E-state index contributed by atoms with van der Waals surface area (Å²) in [5, 5.41) is 9.58. The van der Waals surface area contributed by atoms with Gasteiger partial charge in [-0.15, -0.1) is 0 Å². The normalized spacial score (nSPS) is 13.3. The first-order chi connectivity index (χ1) is 15.0. The summed E-state index contributed by atoms with van der Waals surface area (Å²) in [7, 11) is 0. The smallest absolute Gasteiger partial charge is 0.313 e. The molecule has 0 saturated carbocycles. The van der Waals surface area contributed by atoms with Crippen molar-refractivity contribution in [2.75, 3.05) is 16.8 Å². The van der Waals surface area contributed by atoms with E-state index in [-0.39, 0.29) is 23.2 Å². The molecule has 2 N–H and O–H groups in total. The summed E-state index contributed by atoms with van der Waals surface area (Å²) in [5.41, 5.74) is 2.58. The lowest BCUT2D eigenvalue weighted by Gasteiger charge is -2.17. The van der Waals surface area contributed by atoms with E-state index in [9.17, 15) is 14.4 Å². The summed E-state index contributed by atoms with van der Waals surface area (Å²) in [6.07, 6.45) is 4.78. The predicted molar refractivity (Wildman–Crippen MR) is 117 cm³/mol. The quantitative estimate of drug-likeness (QED) is 0.600. The van der Waals surface area contributed by atoms with Crippen LogP contribution in [-0.4, -0.2) is 34.0 Å². The highest BCUT2D eigenvalue weighted by molar-refractivity contribution is 6.41. The van der Waals surface area contributed by atoms with Gasteiger partial charge in [-0.05, 0) is 48.4 Å². The molecule has 0 atom stereocenters. The van der Waals surface area contributed by atoms with E-state index in [1.165, 1.54) is 0 Å². The van der Waals surface area contributed by atoms with E-state index in [4.69, 9.17) is 11.6 Å².